The fourth-order valence-electron chi connectivity index (χ4n) is 2.27. The standard InChI is InChI=1S/C18H15ClN2O2S/c1-12(15-6-2-3-7-16(15)19)23-17(22)9-14-11-24-18(21-14)13-5-4-8-20-10-13/h2-8,10-12H,9H2,1H3/t12-/m1/s1. The number of aromatic nitrogens is 2. The van der Waals surface area contributed by atoms with Crippen LogP contribution in [0.3, 0.4) is 0 Å². The summed E-state index contributed by atoms with van der Waals surface area (Å²) in [4.78, 5) is 20.7. The summed E-state index contributed by atoms with van der Waals surface area (Å²) in [5, 5.41) is 3.29. The van der Waals surface area contributed by atoms with Crippen LogP contribution in [0, 0.1) is 0 Å². The number of ether oxygens (including phenoxy) is 1. The molecule has 0 unspecified atom stereocenters. The van der Waals surface area contributed by atoms with Crippen molar-refractivity contribution in [3.63, 3.8) is 0 Å². The van der Waals surface area contributed by atoms with Crippen molar-refractivity contribution in [2.45, 2.75) is 19.4 Å². The van der Waals surface area contributed by atoms with Crippen LogP contribution in [0.2, 0.25) is 5.02 Å². The maximum atomic E-state index is 12.1. The largest absolute Gasteiger partial charge is 0.457 e. The first-order valence-corrected chi connectivity index (χ1v) is 8.68. The first-order valence-electron chi connectivity index (χ1n) is 7.42. The number of rotatable bonds is 5. The minimum absolute atomic E-state index is 0.131. The van der Waals surface area contributed by atoms with Gasteiger partial charge in [-0.15, -0.1) is 11.3 Å². The number of pyridine rings is 1. The molecule has 0 amide bonds. The smallest absolute Gasteiger partial charge is 0.312 e. The van der Waals surface area contributed by atoms with Crippen molar-refractivity contribution < 1.29 is 9.53 Å². The molecule has 0 N–H and O–H groups in total. The average Bonchev–Trinajstić information content (AvgIpc) is 3.04. The molecule has 1 aromatic carbocycles. The SMILES string of the molecule is C[C@@H](OC(=O)Cc1csc(-c2cccnc2)n1)c1ccccc1Cl. The molecule has 6 heteroatoms. The minimum Gasteiger partial charge on any atom is -0.457 e. The molecule has 2 heterocycles. The molecule has 0 radical (unpaired) electrons. The van der Waals surface area contributed by atoms with Gasteiger partial charge in [-0.2, -0.15) is 0 Å². The maximum Gasteiger partial charge on any atom is 0.312 e. The topological polar surface area (TPSA) is 52.1 Å². The Labute approximate surface area is 149 Å². The molecular formula is C18H15ClN2O2S. The molecule has 3 aromatic rings. The van der Waals surface area contributed by atoms with Crippen LogP contribution in [0.15, 0.2) is 54.2 Å². The molecule has 4 nitrogen and oxygen atoms in total. The van der Waals surface area contributed by atoms with Crippen LogP contribution in [0.25, 0.3) is 10.6 Å². The Bertz CT molecular complexity index is 836. The van der Waals surface area contributed by atoms with E-state index in [0.717, 1.165) is 16.1 Å². The lowest BCUT2D eigenvalue weighted by Gasteiger charge is -2.14. The van der Waals surface area contributed by atoms with Crippen LogP contribution < -0.4 is 0 Å². The molecule has 0 saturated heterocycles. The van der Waals surface area contributed by atoms with Crippen LogP contribution in [-0.4, -0.2) is 15.9 Å². The molecule has 122 valence electrons. The number of carbonyl (C=O) groups excluding carboxylic acids is 1. The Morgan fingerprint density at radius 1 is 1.29 bits per heavy atom. The highest BCUT2D eigenvalue weighted by Crippen LogP contribution is 2.26. The number of esters is 1. The summed E-state index contributed by atoms with van der Waals surface area (Å²) in [5.41, 5.74) is 2.42. The quantitative estimate of drug-likeness (QED) is 0.620. The highest BCUT2D eigenvalue weighted by atomic mass is 35.5. The second-order valence-electron chi connectivity index (χ2n) is 5.22. The Hall–Kier alpha value is -2.24. The Morgan fingerprint density at radius 3 is 2.88 bits per heavy atom. The van der Waals surface area contributed by atoms with Crippen molar-refractivity contribution in [2.24, 2.45) is 0 Å². The number of hydrogen-bond donors (Lipinski definition) is 0. The van der Waals surface area contributed by atoms with Crippen LogP contribution in [0.1, 0.15) is 24.3 Å². The van der Waals surface area contributed by atoms with E-state index in [0.29, 0.717) is 10.7 Å². The molecule has 0 bridgehead atoms. The van der Waals surface area contributed by atoms with Crippen molar-refractivity contribution in [3.8, 4) is 10.6 Å². The van der Waals surface area contributed by atoms with Gasteiger partial charge in [-0.05, 0) is 25.1 Å². The number of thiazole rings is 1. The van der Waals surface area contributed by atoms with Crippen LogP contribution in [0.5, 0.6) is 0 Å². The lowest BCUT2D eigenvalue weighted by atomic mass is 10.1. The van der Waals surface area contributed by atoms with Crippen molar-refractivity contribution in [1.82, 2.24) is 9.97 Å². The van der Waals surface area contributed by atoms with Gasteiger partial charge in [0.25, 0.3) is 0 Å². The number of halogens is 1. The van der Waals surface area contributed by atoms with E-state index in [1.54, 1.807) is 25.4 Å². The van der Waals surface area contributed by atoms with Gasteiger partial charge in [0.2, 0.25) is 0 Å². The number of hydrogen-bond acceptors (Lipinski definition) is 5. The zero-order valence-electron chi connectivity index (χ0n) is 13.0. The molecule has 0 saturated carbocycles. The van der Waals surface area contributed by atoms with Crippen molar-refractivity contribution in [3.05, 3.63) is 70.5 Å². The third kappa shape index (κ3) is 3.99. The van der Waals surface area contributed by atoms with E-state index in [1.165, 1.54) is 11.3 Å². The summed E-state index contributed by atoms with van der Waals surface area (Å²) < 4.78 is 5.47. The molecule has 0 aliphatic heterocycles. The molecule has 0 aliphatic rings. The van der Waals surface area contributed by atoms with Gasteiger partial charge < -0.3 is 4.74 Å². The van der Waals surface area contributed by atoms with Gasteiger partial charge in [0, 0.05) is 33.9 Å². The number of carbonyl (C=O) groups is 1. The third-order valence-electron chi connectivity index (χ3n) is 3.44. The van der Waals surface area contributed by atoms with Gasteiger partial charge >= 0.3 is 5.97 Å². The van der Waals surface area contributed by atoms with E-state index in [4.69, 9.17) is 16.3 Å². The molecule has 2 aromatic heterocycles. The lowest BCUT2D eigenvalue weighted by Crippen LogP contribution is -2.12. The van der Waals surface area contributed by atoms with Gasteiger partial charge in [-0.1, -0.05) is 29.8 Å². The third-order valence-corrected chi connectivity index (χ3v) is 4.72. The molecule has 24 heavy (non-hydrogen) atoms. The van der Waals surface area contributed by atoms with Gasteiger partial charge in [0.15, 0.2) is 0 Å². The predicted molar refractivity (Wildman–Crippen MR) is 95.0 cm³/mol. The number of benzene rings is 1. The summed E-state index contributed by atoms with van der Waals surface area (Å²) >= 11 is 7.61. The zero-order chi connectivity index (χ0) is 16.9. The van der Waals surface area contributed by atoms with E-state index in [-0.39, 0.29) is 12.4 Å². The number of nitrogens with zero attached hydrogens (tertiary/aromatic N) is 2. The van der Waals surface area contributed by atoms with Crippen LogP contribution in [0.4, 0.5) is 0 Å². The van der Waals surface area contributed by atoms with Gasteiger partial charge in [-0.3, -0.25) is 9.78 Å². The lowest BCUT2D eigenvalue weighted by molar-refractivity contribution is -0.147. The normalized spacial score (nSPS) is 11.9. The highest BCUT2D eigenvalue weighted by Gasteiger charge is 2.16. The first kappa shape index (κ1) is 16.6. The van der Waals surface area contributed by atoms with Gasteiger partial charge in [0.1, 0.15) is 11.1 Å². The van der Waals surface area contributed by atoms with Crippen molar-refractivity contribution >= 4 is 28.9 Å². The van der Waals surface area contributed by atoms with E-state index in [1.807, 2.05) is 35.7 Å². The Morgan fingerprint density at radius 2 is 2.12 bits per heavy atom. The summed E-state index contributed by atoms with van der Waals surface area (Å²) in [6.45, 7) is 1.81. The summed E-state index contributed by atoms with van der Waals surface area (Å²) in [7, 11) is 0. The highest BCUT2D eigenvalue weighted by molar-refractivity contribution is 7.13. The molecule has 0 aliphatic carbocycles. The first-order chi connectivity index (χ1) is 11.6. The Balaban J connectivity index is 1.63. The molecule has 0 fully saturated rings. The molecular weight excluding hydrogens is 344 g/mol. The van der Waals surface area contributed by atoms with Crippen molar-refractivity contribution in [1.29, 1.82) is 0 Å². The van der Waals surface area contributed by atoms with Gasteiger partial charge in [-0.25, -0.2) is 4.98 Å². The second kappa shape index (κ2) is 7.55. The summed E-state index contributed by atoms with van der Waals surface area (Å²) in [6, 6.07) is 11.1. The van der Waals surface area contributed by atoms with E-state index in [9.17, 15) is 4.79 Å². The molecule has 3 rings (SSSR count). The second-order valence-corrected chi connectivity index (χ2v) is 6.48. The fraction of sp³-hybridized carbons (Fsp3) is 0.167. The zero-order valence-corrected chi connectivity index (χ0v) is 14.6. The van der Waals surface area contributed by atoms with E-state index in [2.05, 4.69) is 9.97 Å². The van der Waals surface area contributed by atoms with E-state index >= 15 is 0 Å². The van der Waals surface area contributed by atoms with Gasteiger partial charge in [0.05, 0.1) is 12.1 Å². The molecule has 1 atom stereocenters. The van der Waals surface area contributed by atoms with Crippen LogP contribution >= 0.6 is 22.9 Å². The van der Waals surface area contributed by atoms with Crippen LogP contribution in [-0.2, 0) is 16.0 Å². The Kier molecular flexibility index (Phi) is 5.23. The van der Waals surface area contributed by atoms with E-state index < -0.39 is 6.10 Å². The molecule has 0 spiro atoms. The van der Waals surface area contributed by atoms with Crippen molar-refractivity contribution in [2.75, 3.05) is 0 Å². The summed E-state index contributed by atoms with van der Waals surface area (Å²) in [5.74, 6) is -0.328. The predicted octanol–water partition coefficient (Wildman–Crippen LogP) is 4.71. The fourth-order valence-corrected chi connectivity index (χ4v) is 3.36. The maximum absolute atomic E-state index is 12.1. The monoisotopic (exact) mass is 358 g/mol. The summed E-state index contributed by atoms with van der Waals surface area (Å²) in [6.07, 6.45) is 3.19. The average molecular weight is 359 g/mol. The minimum atomic E-state index is -0.400.